The van der Waals surface area contributed by atoms with Gasteiger partial charge in [-0.15, -0.1) is 0 Å². The molecular formula is C25H35N3O2. The highest BCUT2D eigenvalue weighted by Gasteiger charge is 2.42. The van der Waals surface area contributed by atoms with E-state index in [9.17, 15) is 4.79 Å². The molecule has 2 aliphatic heterocycles. The summed E-state index contributed by atoms with van der Waals surface area (Å²) in [7, 11) is 1.68. The van der Waals surface area contributed by atoms with Crippen LogP contribution in [0.2, 0.25) is 0 Å². The molecule has 0 N–H and O–H groups in total. The molecule has 1 amide bonds. The van der Waals surface area contributed by atoms with E-state index in [0.717, 1.165) is 44.8 Å². The van der Waals surface area contributed by atoms with Gasteiger partial charge in [-0.05, 0) is 37.3 Å². The molecule has 2 atom stereocenters. The number of hydrogen-bond acceptors (Lipinski definition) is 4. The van der Waals surface area contributed by atoms with Crippen molar-refractivity contribution in [1.29, 1.82) is 0 Å². The number of piperidine rings is 1. The van der Waals surface area contributed by atoms with E-state index in [0.29, 0.717) is 12.0 Å². The third-order valence-corrected chi connectivity index (χ3v) is 5.54. The Balaban J connectivity index is 0.000000481. The summed E-state index contributed by atoms with van der Waals surface area (Å²) >= 11 is 0. The number of carbonyl (C=O) groups is 1. The first kappa shape index (κ1) is 23.6. The molecule has 5 nitrogen and oxygen atoms in total. The molecule has 5 heteroatoms. The Labute approximate surface area is 181 Å². The average Bonchev–Trinajstić information content (AvgIpc) is 3.14. The number of ether oxygens (including phenoxy) is 1. The Morgan fingerprint density at radius 2 is 1.87 bits per heavy atom. The molecule has 0 bridgehead atoms. The lowest BCUT2D eigenvalue weighted by atomic mass is 9.89. The molecule has 4 rings (SSSR count). The molecular weight excluding hydrogens is 374 g/mol. The molecule has 1 saturated heterocycles. The number of para-hydroxylation sites is 1. The van der Waals surface area contributed by atoms with E-state index >= 15 is 0 Å². The maximum atomic E-state index is 11.2. The highest BCUT2D eigenvalue weighted by Crippen LogP contribution is 2.49. The normalized spacial score (nSPS) is 18.8. The lowest BCUT2D eigenvalue weighted by Crippen LogP contribution is -2.45. The van der Waals surface area contributed by atoms with Crippen LogP contribution in [0.4, 0.5) is 11.4 Å². The standard InChI is InChI=1S/C20H21N3O.C3H8O.C2H6/c1-21-18-9-5-8-16-17-13-22(14-24)11-10-19(17)23(20(16)18)12-15-6-3-2-4-7-15;1-3-4-2;1-2/h2-9,14,17,19H,1,10-13H2;3H2,1-2H3;1-2H3. The topological polar surface area (TPSA) is 45.1 Å². The van der Waals surface area contributed by atoms with Gasteiger partial charge in [0.1, 0.15) is 0 Å². The fraction of sp³-hybridized carbons (Fsp3) is 0.440. The molecule has 2 aromatic carbocycles. The van der Waals surface area contributed by atoms with Gasteiger partial charge in [0.25, 0.3) is 0 Å². The number of fused-ring (bicyclic) bond motifs is 3. The van der Waals surface area contributed by atoms with E-state index in [-0.39, 0.29) is 0 Å². The highest BCUT2D eigenvalue weighted by molar-refractivity contribution is 5.77. The zero-order chi connectivity index (χ0) is 21.9. The van der Waals surface area contributed by atoms with Crippen LogP contribution < -0.4 is 4.90 Å². The summed E-state index contributed by atoms with van der Waals surface area (Å²) in [5.74, 6) is 0.351. The van der Waals surface area contributed by atoms with Crippen molar-refractivity contribution in [2.45, 2.75) is 45.7 Å². The van der Waals surface area contributed by atoms with Gasteiger partial charge in [-0.25, -0.2) is 0 Å². The van der Waals surface area contributed by atoms with Crippen LogP contribution in [0.5, 0.6) is 0 Å². The smallest absolute Gasteiger partial charge is 0.209 e. The molecule has 0 aromatic heterocycles. The maximum absolute atomic E-state index is 11.2. The van der Waals surface area contributed by atoms with Crippen molar-refractivity contribution >= 4 is 24.5 Å². The monoisotopic (exact) mass is 409 g/mol. The molecule has 2 aromatic rings. The number of methoxy groups -OCH3 is 1. The van der Waals surface area contributed by atoms with E-state index in [2.05, 4.69) is 51.7 Å². The number of amides is 1. The molecule has 0 aliphatic carbocycles. The zero-order valence-corrected chi connectivity index (χ0v) is 18.8. The first-order chi connectivity index (χ1) is 14.7. The van der Waals surface area contributed by atoms with Crippen molar-refractivity contribution < 1.29 is 9.53 Å². The Bertz CT molecular complexity index is 792. The second-order valence-electron chi connectivity index (χ2n) is 7.13. The molecule has 0 radical (unpaired) electrons. The number of rotatable bonds is 5. The molecule has 0 saturated carbocycles. The summed E-state index contributed by atoms with van der Waals surface area (Å²) in [6, 6.07) is 17.2. The van der Waals surface area contributed by atoms with Crippen LogP contribution in [0.3, 0.4) is 0 Å². The fourth-order valence-corrected chi connectivity index (χ4v) is 4.17. The van der Waals surface area contributed by atoms with Gasteiger partial charge in [0.15, 0.2) is 0 Å². The highest BCUT2D eigenvalue weighted by atomic mass is 16.5. The Morgan fingerprint density at radius 1 is 1.17 bits per heavy atom. The largest absolute Gasteiger partial charge is 0.385 e. The van der Waals surface area contributed by atoms with Gasteiger partial charge in [0.2, 0.25) is 6.41 Å². The van der Waals surface area contributed by atoms with Crippen LogP contribution in [-0.2, 0) is 16.1 Å². The number of anilines is 1. The lowest BCUT2D eigenvalue weighted by Gasteiger charge is -2.37. The van der Waals surface area contributed by atoms with E-state index in [1.807, 2.05) is 43.9 Å². The van der Waals surface area contributed by atoms with Crippen molar-refractivity contribution in [3.8, 4) is 0 Å². The van der Waals surface area contributed by atoms with Gasteiger partial charge >= 0.3 is 0 Å². The minimum atomic E-state index is 0.351. The Hall–Kier alpha value is -2.66. The van der Waals surface area contributed by atoms with Gasteiger partial charge in [0, 0.05) is 45.3 Å². The summed E-state index contributed by atoms with van der Waals surface area (Å²) in [4.78, 5) is 19.9. The molecule has 2 unspecified atom stereocenters. The van der Waals surface area contributed by atoms with Crippen molar-refractivity contribution in [2.75, 3.05) is 31.7 Å². The summed E-state index contributed by atoms with van der Waals surface area (Å²) < 4.78 is 4.54. The van der Waals surface area contributed by atoms with Gasteiger partial charge in [-0.2, -0.15) is 0 Å². The molecule has 2 aliphatic rings. The minimum Gasteiger partial charge on any atom is -0.385 e. The predicted molar refractivity (Wildman–Crippen MR) is 126 cm³/mol. The van der Waals surface area contributed by atoms with Crippen LogP contribution in [-0.4, -0.2) is 50.9 Å². The van der Waals surface area contributed by atoms with Crippen molar-refractivity contribution in [2.24, 2.45) is 4.99 Å². The third kappa shape index (κ3) is 5.28. The summed E-state index contributed by atoms with van der Waals surface area (Å²) in [5.41, 5.74) is 4.72. The zero-order valence-electron chi connectivity index (χ0n) is 18.8. The molecule has 1 fully saturated rings. The molecule has 162 valence electrons. The van der Waals surface area contributed by atoms with Gasteiger partial charge in [-0.3, -0.25) is 9.79 Å². The maximum Gasteiger partial charge on any atom is 0.209 e. The van der Waals surface area contributed by atoms with Gasteiger partial charge in [-0.1, -0.05) is 56.3 Å². The predicted octanol–water partition coefficient (Wildman–Crippen LogP) is 5.03. The van der Waals surface area contributed by atoms with E-state index in [4.69, 9.17) is 0 Å². The van der Waals surface area contributed by atoms with Gasteiger partial charge < -0.3 is 14.5 Å². The fourth-order valence-electron chi connectivity index (χ4n) is 4.17. The number of likely N-dealkylation sites (tertiary alicyclic amines) is 1. The first-order valence-corrected chi connectivity index (χ1v) is 10.8. The van der Waals surface area contributed by atoms with E-state index in [1.54, 1.807) is 7.11 Å². The van der Waals surface area contributed by atoms with Crippen molar-refractivity contribution in [3.63, 3.8) is 0 Å². The van der Waals surface area contributed by atoms with Crippen LogP contribution in [0.1, 0.15) is 44.2 Å². The second-order valence-corrected chi connectivity index (χ2v) is 7.13. The second kappa shape index (κ2) is 12.1. The lowest BCUT2D eigenvalue weighted by molar-refractivity contribution is -0.119. The molecule has 0 spiro atoms. The average molecular weight is 410 g/mol. The minimum absolute atomic E-state index is 0.351. The van der Waals surface area contributed by atoms with E-state index in [1.165, 1.54) is 16.8 Å². The summed E-state index contributed by atoms with van der Waals surface area (Å²) in [6.07, 6.45) is 1.97. The number of benzene rings is 2. The number of hydrogen-bond donors (Lipinski definition) is 0. The summed E-state index contributed by atoms with van der Waals surface area (Å²) in [6.45, 7) is 13.0. The SMILES string of the molecule is C=Nc1cccc2c1N(Cc1ccccc1)C1CCN(C=O)CC21.CC.CCOC. The van der Waals surface area contributed by atoms with Crippen LogP contribution in [0.25, 0.3) is 0 Å². The summed E-state index contributed by atoms with van der Waals surface area (Å²) in [5, 5.41) is 0. The molecule has 2 heterocycles. The van der Waals surface area contributed by atoms with Crippen molar-refractivity contribution in [3.05, 3.63) is 59.7 Å². The van der Waals surface area contributed by atoms with Crippen LogP contribution >= 0.6 is 0 Å². The number of carbonyl (C=O) groups excluding carboxylic acids is 1. The van der Waals surface area contributed by atoms with Gasteiger partial charge in [0.05, 0.1) is 11.4 Å². The third-order valence-electron chi connectivity index (χ3n) is 5.54. The Kier molecular flexibility index (Phi) is 9.55. The first-order valence-electron chi connectivity index (χ1n) is 10.8. The quantitative estimate of drug-likeness (QED) is 0.514. The van der Waals surface area contributed by atoms with Crippen LogP contribution in [0.15, 0.2) is 53.5 Å². The van der Waals surface area contributed by atoms with Crippen LogP contribution in [0, 0.1) is 0 Å². The van der Waals surface area contributed by atoms with E-state index < -0.39 is 0 Å². The number of aliphatic imine (C=N–C) groups is 1. The molecule has 30 heavy (non-hydrogen) atoms. The number of nitrogens with zero attached hydrogens (tertiary/aromatic N) is 3. The Morgan fingerprint density at radius 3 is 2.47 bits per heavy atom. The van der Waals surface area contributed by atoms with Crippen molar-refractivity contribution in [1.82, 2.24) is 4.90 Å².